The highest BCUT2D eigenvalue weighted by atomic mass is 35.5. The summed E-state index contributed by atoms with van der Waals surface area (Å²) < 4.78 is 23.9. The van der Waals surface area contributed by atoms with Crippen molar-refractivity contribution in [3.8, 4) is 0 Å². The molecule has 0 saturated carbocycles. The van der Waals surface area contributed by atoms with E-state index in [1.54, 1.807) is 28.9 Å². The summed E-state index contributed by atoms with van der Waals surface area (Å²) in [6, 6.07) is 14.8. The molecule has 1 saturated heterocycles. The zero-order valence-electron chi connectivity index (χ0n) is 18.7. The van der Waals surface area contributed by atoms with Gasteiger partial charge in [-0.1, -0.05) is 41.9 Å². The molecule has 1 aliphatic heterocycles. The van der Waals surface area contributed by atoms with E-state index in [2.05, 4.69) is 0 Å². The van der Waals surface area contributed by atoms with E-state index in [0.717, 1.165) is 15.6 Å². The van der Waals surface area contributed by atoms with Crippen molar-refractivity contribution in [3.05, 3.63) is 70.1 Å². The predicted octanol–water partition coefficient (Wildman–Crippen LogP) is 3.87. The topological polar surface area (TPSA) is 101 Å². The molecule has 1 unspecified atom stereocenters. The molecule has 0 spiro atoms. The number of carbonyl (C=O) groups excluding carboxylic acids is 2. The first-order chi connectivity index (χ1) is 16.1. The van der Waals surface area contributed by atoms with E-state index in [-0.39, 0.29) is 37.1 Å². The Bertz CT molecular complexity index is 1320. The van der Waals surface area contributed by atoms with E-state index in [1.165, 1.54) is 11.3 Å². The average molecular weight is 520 g/mol. The predicted molar refractivity (Wildman–Crippen MR) is 135 cm³/mol. The molecule has 2 amide bonds. The lowest BCUT2D eigenvalue weighted by atomic mass is 9.84. The highest BCUT2D eigenvalue weighted by Gasteiger charge is 2.51. The van der Waals surface area contributed by atoms with Gasteiger partial charge in [-0.05, 0) is 43.5 Å². The third kappa shape index (κ3) is 5.12. The number of fused-ring (bicyclic) bond motifs is 1. The van der Waals surface area contributed by atoms with Gasteiger partial charge in [0.15, 0.2) is 0 Å². The van der Waals surface area contributed by atoms with Gasteiger partial charge < -0.3 is 9.80 Å². The summed E-state index contributed by atoms with van der Waals surface area (Å²) in [4.78, 5) is 30.4. The van der Waals surface area contributed by atoms with E-state index in [0.29, 0.717) is 23.6 Å². The second-order valence-corrected chi connectivity index (χ2v) is 11.8. The third-order valence-electron chi connectivity index (χ3n) is 6.27. The Morgan fingerprint density at radius 3 is 2.53 bits per heavy atom. The summed E-state index contributed by atoms with van der Waals surface area (Å²) in [5, 5.41) is 8.46. The number of hydrogen-bond donors (Lipinski definition) is 1. The number of thiophene rings is 1. The standard InChI is InChI=1S/C24H26ClN3O4S2/c1-24(11-13-28(24)22(29)20-16-33-21-6-3-2-5-19(20)21)23(30)27(12-4-14-34(26,31)32)15-17-7-9-18(25)10-8-17/h2-3,5-10,16H,4,11-15H2,1H3,(H2,26,31,32). The molecule has 180 valence electrons. The van der Waals surface area contributed by atoms with Gasteiger partial charge in [0.05, 0.1) is 11.3 Å². The number of carbonyl (C=O) groups is 2. The Morgan fingerprint density at radius 2 is 1.88 bits per heavy atom. The number of primary sulfonamides is 1. The maximum atomic E-state index is 13.8. The number of sulfonamides is 1. The third-order valence-corrected chi connectivity index (χ3v) is 8.34. The van der Waals surface area contributed by atoms with E-state index < -0.39 is 15.6 Å². The maximum Gasteiger partial charge on any atom is 0.256 e. The highest BCUT2D eigenvalue weighted by Crippen LogP contribution is 2.36. The molecule has 0 bridgehead atoms. The normalized spacial score (nSPS) is 18.0. The van der Waals surface area contributed by atoms with Gasteiger partial charge in [0.2, 0.25) is 15.9 Å². The van der Waals surface area contributed by atoms with E-state index in [4.69, 9.17) is 16.7 Å². The molecule has 3 aromatic rings. The highest BCUT2D eigenvalue weighted by molar-refractivity contribution is 7.89. The van der Waals surface area contributed by atoms with Crippen LogP contribution >= 0.6 is 22.9 Å². The number of benzene rings is 2. The largest absolute Gasteiger partial charge is 0.336 e. The molecule has 1 aromatic heterocycles. The number of nitrogens with two attached hydrogens (primary N) is 1. The lowest BCUT2D eigenvalue weighted by Crippen LogP contribution is -2.67. The number of halogens is 1. The van der Waals surface area contributed by atoms with Crippen molar-refractivity contribution >= 4 is 54.9 Å². The summed E-state index contributed by atoms with van der Waals surface area (Å²) in [6.45, 7) is 2.74. The molecule has 2 aromatic carbocycles. The first-order valence-electron chi connectivity index (χ1n) is 10.9. The molecule has 10 heteroatoms. The van der Waals surface area contributed by atoms with Crippen LogP contribution in [0, 0.1) is 0 Å². The maximum absolute atomic E-state index is 13.8. The van der Waals surface area contributed by atoms with Crippen molar-refractivity contribution < 1.29 is 18.0 Å². The summed E-state index contributed by atoms with van der Waals surface area (Å²) in [5.74, 6) is -0.607. The number of rotatable bonds is 8. The Labute approximate surface area is 208 Å². The van der Waals surface area contributed by atoms with Crippen molar-refractivity contribution in [3.63, 3.8) is 0 Å². The van der Waals surface area contributed by atoms with Crippen LogP contribution in [0.5, 0.6) is 0 Å². The molecular weight excluding hydrogens is 494 g/mol. The minimum absolute atomic E-state index is 0.171. The zero-order chi connectivity index (χ0) is 24.5. The number of likely N-dealkylation sites (tertiary alicyclic amines) is 1. The van der Waals surface area contributed by atoms with Gasteiger partial charge in [0, 0.05) is 40.1 Å². The van der Waals surface area contributed by atoms with Crippen molar-refractivity contribution in [2.45, 2.75) is 31.8 Å². The molecule has 0 aliphatic carbocycles. The van der Waals surface area contributed by atoms with Crippen LogP contribution in [-0.4, -0.2) is 54.4 Å². The first-order valence-corrected chi connectivity index (χ1v) is 13.9. The smallest absolute Gasteiger partial charge is 0.256 e. The van der Waals surface area contributed by atoms with Crippen molar-refractivity contribution in [1.82, 2.24) is 9.80 Å². The minimum Gasteiger partial charge on any atom is -0.336 e. The molecule has 1 fully saturated rings. The van der Waals surface area contributed by atoms with Gasteiger partial charge in [-0.15, -0.1) is 11.3 Å². The lowest BCUT2D eigenvalue weighted by molar-refractivity contribution is -0.149. The van der Waals surface area contributed by atoms with Crippen molar-refractivity contribution in [2.24, 2.45) is 5.14 Å². The number of hydrogen-bond acceptors (Lipinski definition) is 5. The van der Waals surface area contributed by atoms with E-state index in [1.807, 2.05) is 41.8 Å². The van der Waals surface area contributed by atoms with Gasteiger partial charge in [0.25, 0.3) is 5.91 Å². The van der Waals surface area contributed by atoms with Crippen LogP contribution in [0.1, 0.15) is 35.7 Å². The number of amides is 2. The molecule has 2 heterocycles. The van der Waals surface area contributed by atoms with E-state index >= 15 is 0 Å². The van der Waals surface area contributed by atoms with Crippen molar-refractivity contribution in [1.29, 1.82) is 0 Å². The molecule has 4 rings (SSSR count). The summed E-state index contributed by atoms with van der Waals surface area (Å²) in [7, 11) is -3.64. The van der Waals surface area contributed by atoms with Gasteiger partial charge in [-0.3, -0.25) is 9.59 Å². The summed E-state index contributed by atoms with van der Waals surface area (Å²) in [6.07, 6.45) is 0.739. The monoisotopic (exact) mass is 519 g/mol. The number of nitrogens with zero attached hydrogens (tertiary/aromatic N) is 2. The van der Waals surface area contributed by atoms with Crippen molar-refractivity contribution in [2.75, 3.05) is 18.8 Å². The van der Waals surface area contributed by atoms with Gasteiger partial charge in [0.1, 0.15) is 5.54 Å². The quantitative estimate of drug-likeness (QED) is 0.488. The second-order valence-electron chi connectivity index (χ2n) is 8.70. The van der Waals surface area contributed by atoms with Crippen LogP contribution in [0.4, 0.5) is 0 Å². The lowest BCUT2D eigenvalue weighted by Gasteiger charge is -2.51. The Balaban J connectivity index is 1.57. The van der Waals surface area contributed by atoms with Crippen LogP contribution in [-0.2, 0) is 21.4 Å². The fraction of sp³-hybridized carbons (Fsp3) is 0.333. The van der Waals surface area contributed by atoms with Crippen LogP contribution in [0.2, 0.25) is 5.02 Å². The Kier molecular flexibility index (Phi) is 7.00. The molecule has 7 nitrogen and oxygen atoms in total. The second kappa shape index (κ2) is 9.65. The Morgan fingerprint density at radius 1 is 1.18 bits per heavy atom. The summed E-state index contributed by atoms with van der Waals surface area (Å²) >= 11 is 7.49. The molecular formula is C24H26ClN3O4S2. The minimum atomic E-state index is -3.64. The zero-order valence-corrected chi connectivity index (χ0v) is 21.1. The Hall–Kier alpha value is -2.46. The SMILES string of the molecule is CC1(C(=O)N(CCCS(N)(=O)=O)Cc2ccc(Cl)cc2)CCN1C(=O)c1csc2ccccc12. The average Bonchev–Trinajstić information content (AvgIpc) is 3.21. The van der Waals surface area contributed by atoms with Gasteiger partial charge in [-0.2, -0.15) is 0 Å². The van der Waals surface area contributed by atoms with Gasteiger partial charge >= 0.3 is 0 Å². The van der Waals surface area contributed by atoms with Crippen LogP contribution in [0.15, 0.2) is 53.9 Å². The first kappa shape index (κ1) is 24.7. The molecule has 2 N–H and O–H groups in total. The fourth-order valence-corrected chi connectivity index (χ4v) is 5.85. The van der Waals surface area contributed by atoms with Crippen LogP contribution in [0.25, 0.3) is 10.1 Å². The van der Waals surface area contributed by atoms with Crippen LogP contribution in [0.3, 0.4) is 0 Å². The van der Waals surface area contributed by atoms with Crippen LogP contribution < -0.4 is 5.14 Å². The fourth-order valence-electron chi connectivity index (χ4n) is 4.26. The molecule has 1 aliphatic rings. The van der Waals surface area contributed by atoms with E-state index in [9.17, 15) is 18.0 Å². The molecule has 34 heavy (non-hydrogen) atoms. The molecule has 0 radical (unpaired) electrons. The molecule has 1 atom stereocenters. The van der Waals surface area contributed by atoms with Gasteiger partial charge in [-0.25, -0.2) is 13.6 Å². The summed E-state index contributed by atoms with van der Waals surface area (Å²) in [5.41, 5.74) is 0.449.